The van der Waals surface area contributed by atoms with Gasteiger partial charge in [-0.05, 0) is 101 Å². The molecule has 0 spiro atoms. The zero-order valence-electron chi connectivity index (χ0n) is 19.9. The maximum absolute atomic E-state index is 9.89. The summed E-state index contributed by atoms with van der Waals surface area (Å²) in [6.45, 7) is 4.02. The number of fused-ring (bicyclic) bond motifs is 1. The van der Waals surface area contributed by atoms with Crippen molar-refractivity contribution in [3.05, 3.63) is 102 Å². The van der Waals surface area contributed by atoms with E-state index in [0.29, 0.717) is 6.61 Å². The van der Waals surface area contributed by atoms with Crippen molar-refractivity contribution in [1.82, 2.24) is 4.90 Å². The van der Waals surface area contributed by atoms with Crippen molar-refractivity contribution in [2.24, 2.45) is 0 Å². The first-order valence-corrected chi connectivity index (χ1v) is 12.3. The van der Waals surface area contributed by atoms with E-state index < -0.39 is 0 Å². The number of phenolic OH excluding ortho intramolecular Hbond substituents is 2. The molecule has 4 nitrogen and oxygen atoms in total. The summed E-state index contributed by atoms with van der Waals surface area (Å²) in [7, 11) is 0. The third-order valence-corrected chi connectivity index (χ3v) is 6.67. The minimum absolute atomic E-state index is 0.242. The number of hydrogen-bond acceptors (Lipinski definition) is 4. The molecular formula is C31H31NO3. The van der Waals surface area contributed by atoms with Crippen LogP contribution in [0.1, 0.15) is 36.0 Å². The zero-order chi connectivity index (χ0) is 24.0. The molecular weight excluding hydrogens is 434 g/mol. The first-order chi connectivity index (χ1) is 17.2. The lowest BCUT2D eigenvalue weighted by atomic mass is 9.94. The second-order valence-corrected chi connectivity index (χ2v) is 9.13. The van der Waals surface area contributed by atoms with Crippen LogP contribution in [-0.4, -0.2) is 41.4 Å². The maximum atomic E-state index is 9.89. The van der Waals surface area contributed by atoms with Crippen LogP contribution in [0.25, 0.3) is 22.4 Å². The Balaban J connectivity index is 1.42. The fourth-order valence-corrected chi connectivity index (χ4v) is 4.76. The summed E-state index contributed by atoms with van der Waals surface area (Å²) in [4.78, 5) is 2.48. The molecule has 0 amide bonds. The van der Waals surface area contributed by atoms with Gasteiger partial charge in [0.1, 0.15) is 23.9 Å². The van der Waals surface area contributed by atoms with Crippen molar-refractivity contribution in [3.8, 4) is 17.2 Å². The Hall–Kier alpha value is -3.76. The number of aromatic hydroxyl groups is 2. The molecule has 2 N–H and O–H groups in total. The number of piperidine rings is 1. The quantitative estimate of drug-likeness (QED) is 0.298. The normalized spacial score (nSPS) is 14.8. The van der Waals surface area contributed by atoms with Crippen molar-refractivity contribution >= 4 is 22.4 Å². The predicted molar refractivity (Wildman–Crippen MR) is 143 cm³/mol. The first-order valence-electron chi connectivity index (χ1n) is 12.3. The third-order valence-electron chi connectivity index (χ3n) is 6.67. The highest BCUT2D eigenvalue weighted by Gasteiger charge is 2.11. The molecule has 0 aromatic heterocycles. The molecule has 0 aliphatic carbocycles. The van der Waals surface area contributed by atoms with E-state index in [2.05, 4.69) is 29.2 Å². The molecule has 4 heteroatoms. The lowest BCUT2D eigenvalue weighted by molar-refractivity contribution is 0.183. The van der Waals surface area contributed by atoms with Gasteiger partial charge in [0, 0.05) is 6.54 Å². The molecule has 1 saturated heterocycles. The highest BCUT2D eigenvalue weighted by molar-refractivity contribution is 5.99. The van der Waals surface area contributed by atoms with Gasteiger partial charge in [-0.15, -0.1) is 0 Å². The van der Waals surface area contributed by atoms with Gasteiger partial charge in [-0.3, -0.25) is 4.90 Å². The standard InChI is InChI=1S/C31H31NO3/c33-27-11-7-23(8-12-27)31(22-26-6-4-5-25-21-28(34)13-16-30(25)26)24-9-14-29(15-10-24)35-20-19-32-17-2-1-3-18-32/h4-16,21-22,33-34H,1-3,17-20H2/b31-22-. The number of benzene rings is 4. The van der Waals surface area contributed by atoms with Gasteiger partial charge in [0.2, 0.25) is 0 Å². The van der Waals surface area contributed by atoms with Crippen LogP contribution in [0.15, 0.2) is 84.9 Å². The Labute approximate surface area is 206 Å². The number of likely N-dealkylation sites (tertiary alicyclic amines) is 1. The lowest BCUT2D eigenvalue weighted by Gasteiger charge is -2.26. The zero-order valence-corrected chi connectivity index (χ0v) is 19.9. The van der Waals surface area contributed by atoms with Crippen LogP contribution in [-0.2, 0) is 0 Å². The Morgan fingerprint density at radius 2 is 1.46 bits per heavy atom. The summed E-state index contributed by atoms with van der Waals surface area (Å²) in [5, 5.41) is 21.8. The van der Waals surface area contributed by atoms with Crippen molar-refractivity contribution in [1.29, 1.82) is 0 Å². The summed E-state index contributed by atoms with van der Waals surface area (Å²) in [5.74, 6) is 1.37. The smallest absolute Gasteiger partial charge is 0.119 e. The highest BCUT2D eigenvalue weighted by Crippen LogP contribution is 2.32. The molecule has 0 atom stereocenters. The van der Waals surface area contributed by atoms with Gasteiger partial charge in [-0.25, -0.2) is 0 Å². The molecule has 5 rings (SSSR count). The van der Waals surface area contributed by atoms with Gasteiger partial charge >= 0.3 is 0 Å². The van der Waals surface area contributed by atoms with E-state index >= 15 is 0 Å². The van der Waals surface area contributed by atoms with Crippen molar-refractivity contribution in [3.63, 3.8) is 0 Å². The molecule has 178 valence electrons. The maximum Gasteiger partial charge on any atom is 0.119 e. The van der Waals surface area contributed by atoms with Gasteiger partial charge in [-0.2, -0.15) is 0 Å². The molecule has 1 heterocycles. The van der Waals surface area contributed by atoms with Crippen LogP contribution >= 0.6 is 0 Å². The number of ether oxygens (including phenoxy) is 1. The largest absolute Gasteiger partial charge is 0.508 e. The molecule has 0 radical (unpaired) electrons. The third kappa shape index (κ3) is 5.67. The van der Waals surface area contributed by atoms with Crippen molar-refractivity contribution < 1.29 is 14.9 Å². The molecule has 35 heavy (non-hydrogen) atoms. The topological polar surface area (TPSA) is 52.9 Å². The van der Waals surface area contributed by atoms with E-state index in [9.17, 15) is 10.2 Å². The first kappa shape index (κ1) is 23.0. The summed E-state index contributed by atoms with van der Waals surface area (Å²) in [6, 6.07) is 27.1. The van der Waals surface area contributed by atoms with Crippen LogP contribution in [0.2, 0.25) is 0 Å². The SMILES string of the molecule is Oc1ccc(/C(=C/c2cccc3cc(O)ccc23)c2ccc(OCCN3CCCCC3)cc2)cc1. The number of hydrogen-bond donors (Lipinski definition) is 2. The summed E-state index contributed by atoms with van der Waals surface area (Å²) in [5.41, 5.74) is 4.19. The van der Waals surface area contributed by atoms with Crippen LogP contribution in [0, 0.1) is 0 Å². The van der Waals surface area contributed by atoms with Gasteiger partial charge in [0.25, 0.3) is 0 Å². The van der Waals surface area contributed by atoms with Crippen LogP contribution < -0.4 is 4.74 Å². The number of phenols is 2. The number of nitrogens with zero attached hydrogens (tertiary/aromatic N) is 1. The Bertz CT molecular complexity index is 1300. The molecule has 4 aromatic rings. The van der Waals surface area contributed by atoms with E-state index in [1.165, 1.54) is 32.4 Å². The molecule has 0 saturated carbocycles. The summed E-state index contributed by atoms with van der Waals surface area (Å²) < 4.78 is 6.03. The molecule has 1 aliphatic heterocycles. The van der Waals surface area contributed by atoms with E-state index in [1.807, 2.05) is 42.5 Å². The van der Waals surface area contributed by atoms with Crippen molar-refractivity contribution in [2.45, 2.75) is 19.3 Å². The van der Waals surface area contributed by atoms with Gasteiger partial charge < -0.3 is 14.9 Å². The van der Waals surface area contributed by atoms with Gasteiger partial charge in [-0.1, -0.05) is 55.0 Å². The van der Waals surface area contributed by atoms with Gasteiger partial charge in [0.05, 0.1) is 0 Å². The predicted octanol–water partition coefficient (Wildman–Crippen LogP) is 6.70. The Morgan fingerprint density at radius 3 is 2.20 bits per heavy atom. The molecule has 0 unspecified atom stereocenters. The minimum Gasteiger partial charge on any atom is -0.508 e. The lowest BCUT2D eigenvalue weighted by Crippen LogP contribution is -2.33. The molecule has 4 aromatic carbocycles. The Morgan fingerprint density at radius 1 is 0.771 bits per heavy atom. The Kier molecular flexibility index (Phi) is 7.01. The second-order valence-electron chi connectivity index (χ2n) is 9.13. The van der Waals surface area contributed by atoms with Gasteiger partial charge in [0.15, 0.2) is 0 Å². The average molecular weight is 466 g/mol. The number of rotatable bonds is 7. The summed E-state index contributed by atoms with van der Waals surface area (Å²) in [6.07, 6.45) is 6.09. The molecule has 1 aliphatic rings. The second kappa shape index (κ2) is 10.7. The van der Waals surface area contributed by atoms with E-state index in [-0.39, 0.29) is 11.5 Å². The van der Waals surface area contributed by atoms with Crippen LogP contribution in [0.4, 0.5) is 0 Å². The van der Waals surface area contributed by atoms with Crippen LogP contribution in [0.5, 0.6) is 17.2 Å². The molecule has 1 fully saturated rings. The van der Waals surface area contributed by atoms with E-state index in [4.69, 9.17) is 4.74 Å². The minimum atomic E-state index is 0.242. The fourth-order valence-electron chi connectivity index (χ4n) is 4.76. The van der Waals surface area contributed by atoms with Crippen molar-refractivity contribution in [2.75, 3.05) is 26.2 Å². The monoisotopic (exact) mass is 465 g/mol. The summed E-state index contributed by atoms with van der Waals surface area (Å²) >= 11 is 0. The average Bonchev–Trinajstić information content (AvgIpc) is 2.89. The highest BCUT2D eigenvalue weighted by atomic mass is 16.5. The molecule has 0 bridgehead atoms. The van der Waals surface area contributed by atoms with Crippen LogP contribution in [0.3, 0.4) is 0 Å². The van der Waals surface area contributed by atoms with E-state index in [1.54, 1.807) is 24.3 Å². The fraction of sp³-hybridized carbons (Fsp3) is 0.226. The van der Waals surface area contributed by atoms with E-state index in [0.717, 1.165) is 45.3 Å².